The maximum atomic E-state index is 12.0. The highest BCUT2D eigenvalue weighted by atomic mass is 79.9. The predicted molar refractivity (Wildman–Crippen MR) is 73.5 cm³/mol. The molecule has 2 heterocycles. The summed E-state index contributed by atoms with van der Waals surface area (Å²) in [4.78, 5) is 27.6. The Morgan fingerprint density at radius 2 is 2.21 bits per heavy atom. The average molecular weight is 322 g/mol. The van der Waals surface area contributed by atoms with Crippen molar-refractivity contribution >= 4 is 38.8 Å². The fourth-order valence-corrected chi connectivity index (χ4v) is 2.85. The van der Waals surface area contributed by atoms with E-state index in [0.717, 1.165) is 21.3 Å². The second-order valence-corrected chi connectivity index (χ2v) is 5.37. The van der Waals surface area contributed by atoms with Crippen LogP contribution in [-0.4, -0.2) is 21.4 Å². The van der Waals surface area contributed by atoms with Crippen LogP contribution in [0.4, 0.5) is 0 Å². The van der Waals surface area contributed by atoms with Crippen LogP contribution in [0.5, 0.6) is 0 Å². The second-order valence-electron chi connectivity index (χ2n) is 4.66. The highest BCUT2D eigenvalue weighted by Gasteiger charge is 2.30. The van der Waals surface area contributed by atoms with Crippen molar-refractivity contribution in [1.82, 2.24) is 14.9 Å². The summed E-state index contributed by atoms with van der Waals surface area (Å²) in [7, 11) is 1.91. The monoisotopic (exact) mass is 321 g/mol. The van der Waals surface area contributed by atoms with Gasteiger partial charge in [-0.05, 0) is 34.0 Å². The summed E-state index contributed by atoms with van der Waals surface area (Å²) < 4.78 is 2.65. The zero-order valence-corrected chi connectivity index (χ0v) is 11.9. The molecule has 1 aromatic heterocycles. The van der Waals surface area contributed by atoms with Gasteiger partial charge in [-0.1, -0.05) is 12.1 Å². The lowest BCUT2D eigenvalue weighted by atomic mass is 9.90. The number of amides is 2. The van der Waals surface area contributed by atoms with E-state index < -0.39 is 0 Å². The van der Waals surface area contributed by atoms with Crippen molar-refractivity contribution in [2.24, 2.45) is 7.05 Å². The Hall–Kier alpha value is -1.69. The van der Waals surface area contributed by atoms with E-state index >= 15 is 0 Å². The van der Waals surface area contributed by atoms with E-state index in [-0.39, 0.29) is 17.7 Å². The van der Waals surface area contributed by atoms with Crippen molar-refractivity contribution in [2.45, 2.75) is 18.8 Å². The van der Waals surface area contributed by atoms with Crippen molar-refractivity contribution in [3.05, 3.63) is 28.5 Å². The van der Waals surface area contributed by atoms with E-state index in [1.807, 2.05) is 29.8 Å². The molecule has 0 aliphatic carbocycles. The van der Waals surface area contributed by atoms with Gasteiger partial charge in [0.1, 0.15) is 0 Å². The third-order valence-electron chi connectivity index (χ3n) is 3.50. The number of benzene rings is 1. The molecule has 1 aliphatic heterocycles. The number of hydrogen-bond donors (Lipinski definition) is 1. The zero-order valence-electron chi connectivity index (χ0n) is 10.3. The van der Waals surface area contributed by atoms with Crippen LogP contribution < -0.4 is 5.32 Å². The molecule has 0 spiro atoms. The van der Waals surface area contributed by atoms with Gasteiger partial charge in [0, 0.05) is 13.5 Å². The number of halogens is 1. The summed E-state index contributed by atoms with van der Waals surface area (Å²) in [6.45, 7) is 0. The Labute approximate surface area is 118 Å². The van der Waals surface area contributed by atoms with Crippen LogP contribution >= 0.6 is 15.9 Å². The Morgan fingerprint density at radius 1 is 1.42 bits per heavy atom. The number of imide groups is 1. The Bertz CT molecular complexity index is 692. The van der Waals surface area contributed by atoms with E-state index in [0.29, 0.717) is 12.8 Å². The van der Waals surface area contributed by atoms with Crippen molar-refractivity contribution in [1.29, 1.82) is 0 Å². The number of piperidine rings is 1. The first-order valence-corrected chi connectivity index (χ1v) is 6.82. The number of nitrogens with zero attached hydrogens (tertiary/aromatic N) is 2. The quantitative estimate of drug-likeness (QED) is 0.815. The smallest absolute Gasteiger partial charge is 0.234 e. The Balaban J connectivity index is 2.13. The van der Waals surface area contributed by atoms with Crippen LogP contribution in [0.25, 0.3) is 11.0 Å². The van der Waals surface area contributed by atoms with Crippen molar-refractivity contribution in [3.63, 3.8) is 0 Å². The second kappa shape index (κ2) is 4.45. The highest BCUT2D eigenvalue weighted by molar-refractivity contribution is 9.10. The third kappa shape index (κ3) is 1.96. The molecule has 1 aliphatic rings. The Morgan fingerprint density at radius 3 is 2.95 bits per heavy atom. The molecule has 1 N–H and O–H groups in total. The van der Waals surface area contributed by atoms with Gasteiger partial charge in [-0.2, -0.15) is 0 Å². The van der Waals surface area contributed by atoms with E-state index in [1.54, 1.807) is 0 Å². The molecule has 1 atom stereocenters. The number of aromatic nitrogens is 2. The lowest BCUT2D eigenvalue weighted by Crippen LogP contribution is -2.39. The first kappa shape index (κ1) is 12.3. The number of hydrogen-bond acceptors (Lipinski definition) is 3. The number of carbonyl (C=O) groups is 2. The third-order valence-corrected chi connectivity index (χ3v) is 4.21. The van der Waals surface area contributed by atoms with Crippen molar-refractivity contribution < 1.29 is 9.59 Å². The molecule has 6 heteroatoms. The number of nitrogens with one attached hydrogen (secondary N) is 1. The molecular weight excluding hydrogens is 310 g/mol. The topological polar surface area (TPSA) is 64.0 Å². The van der Waals surface area contributed by atoms with Crippen LogP contribution in [0.15, 0.2) is 22.9 Å². The Kier molecular flexibility index (Phi) is 2.89. The SMILES string of the molecule is Cn1c(Br)nc2c(C3CCC(=O)NC3=O)cccc21. The molecule has 0 bridgehead atoms. The standard InChI is InChI=1S/C13H12BrN3O2/c1-17-9-4-2-3-7(11(9)16-13(17)14)8-5-6-10(18)15-12(8)19/h2-4,8H,5-6H2,1H3,(H,15,18,19). The number of carbonyl (C=O) groups excluding carboxylic acids is 2. The molecular formula is C13H12BrN3O2. The van der Waals surface area contributed by atoms with Crippen LogP contribution in [0.3, 0.4) is 0 Å². The number of para-hydroxylation sites is 1. The fourth-order valence-electron chi connectivity index (χ4n) is 2.48. The molecule has 1 unspecified atom stereocenters. The summed E-state index contributed by atoms with van der Waals surface area (Å²) in [6.07, 6.45) is 0.915. The molecule has 2 amide bonds. The average Bonchev–Trinajstić information content (AvgIpc) is 2.66. The van der Waals surface area contributed by atoms with E-state index in [2.05, 4.69) is 26.2 Å². The first-order valence-electron chi connectivity index (χ1n) is 6.02. The molecule has 5 nitrogen and oxygen atoms in total. The van der Waals surface area contributed by atoms with Gasteiger partial charge < -0.3 is 4.57 Å². The van der Waals surface area contributed by atoms with Crippen LogP contribution in [-0.2, 0) is 16.6 Å². The van der Waals surface area contributed by atoms with Crippen molar-refractivity contribution in [3.8, 4) is 0 Å². The van der Waals surface area contributed by atoms with E-state index in [9.17, 15) is 9.59 Å². The normalized spacial score (nSPS) is 19.8. The maximum absolute atomic E-state index is 12.0. The number of fused-ring (bicyclic) bond motifs is 1. The molecule has 0 saturated carbocycles. The molecule has 98 valence electrons. The largest absolute Gasteiger partial charge is 0.322 e. The molecule has 1 aromatic carbocycles. The van der Waals surface area contributed by atoms with Crippen LogP contribution in [0.1, 0.15) is 24.3 Å². The van der Waals surface area contributed by atoms with E-state index in [1.165, 1.54) is 0 Å². The number of rotatable bonds is 1. The highest BCUT2D eigenvalue weighted by Crippen LogP contribution is 2.31. The van der Waals surface area contributed by atoms with Gasteiger partial charge in [0.15, 0.2) is 4.73 Å². The van der Waals surface area contributed by atoms with Gasteiger partial charge in [-0.3, -0.25) is 14.9 Å². The van der Waals surface area contributed by atoms with Gasteiger partial charge in [0.05, 0.1) is 17.0 Å². The molecule has 2 aromatic rings. The maximum Gasteiger partial charge on any atom is 0.234 e. The number of aryl methyl sites for hydroxylation is 1. The minimum Gasteiger partial charge on any atom is -0.322 e. The van der Waals surface area contributed by atoms with Gasteiger partial charge in [-0.15, -0.1) is 0 Å². The van der Waals surface area contributed by atoms with Crippen LogP contribution in [0, 0.1) is 0 Å². The zero-order chi connectivity index (χ0) is 13.6. The first-order chi connectivity index (χ1) is 9.08. The summed E-state index contributed by atoms with van der Waals surface area (Å²) >= 11 is 3.39. The fraction of sp³-hybridized carbons (Fsp3) is 0.308. The predicted octanol–water partition coefficient (Wildman–Crippen LogP) is 1.86. The molecule has 3 rings (SSSR count). The summed E-state index contributed by atoms with van der Waals surface area (Å²) in [5.74, 6) is -0.732. The van der Waals surface area contributed by atoms with Crippen LogP contribution in [0.2, 0.25) is 0 Å². The lowest BCUT2D eigenvalue weighted by molar-refractivity contribution is -0.134. The van der Waals surface area contributed by atoms with Crippen molar-refractivity contribution in [2.75, 3.05) is 0 Å². The summed E-state index contributed by atoms with van der Waals surface area (Å²) in [5, 5.41) is 2.39. The molecule has 19 heavy (non-hydrogen) atoms. The molecule has 0 radical (unpaired) electrons. The minimum atomic E-state index is -0.303. The van der Waals surface area contributed by atoms with Gasteiger partial charge in [-0.25, -0.2) is 4.98 Å². The van der Waals surface area contributed by atoms with Gasteiger partial charge in [0.2, 0.25) is 11.8 Å². The lowest BCUT2D eigenvalue weighted by Gasteiger charge is -2.21. The van der Waals surface area contributed by atoms with Gasteiger partial charge in [0.25, 0.3) is 0 Å². The molecule has 1 saturated heterocycles. The minimum absolute atomic E-state index is 0.198. The molecule has 1 fully saturated rings. The van der Waals surface area contributed by atoms with E-state index in [4.69, 9.17) is 0 Å². The summed E-state index contributed by atoms with van der Waals surface area (Å²) in [6, 6.07) is 5.78. The van der Waals surface area contributed by atoms with Gasteiger partial charge >= 0.3 is 0 Å². The number of imidazole rings is 1. The summed E-state index contributed by atoms with van der Waals surface area (Å²) in [5.41, 5.74) is 2.66.